The van der Waals surface area contributed by atoms with Crippen molar-refractivity contribution < 1.29 is 21.6 Å². The van der Waals surface area contributed by atoms with Crippen LogP contribution in [-0.4, -0.2) is 29.0 Å². The van der Waals surface area contributed by atoms with Gasteiger partial charge in [-0.2, -0.15) is 0 Å². The number of nitrogens with one attached hydrogen (secondary N) is 2. The number of carbonyl (C=O) groups excluding carboxylic acids is 1. The molecular formula is C20H20N2O5S3. The number of amides is 1. The van der Waals surface area contributed by atoms with E-state index in [0.717, 1.165) is 23.2 Å². The zero-order valence-electron chi connectivity index (χ0n) is 16.2. The highest BCUT2D eigenvalue weighted by molar-refractivity contribution is 7.94. The van der Waals surface area contributed by atoms with Crippen LogP contribution in [0.3, 0.4) is 0 Å². The number of carbonyl (C=O) groups is 1. The molecule has 1 amide bonds. The second-order valence-electron chi connectivity index (χ2n) is 6.65. The lowest BCUT2D eigenvalue weighted by molar-refractivity contribution is 0.0940. The molecular weight excluding hydrogens is 444 g/mol. The molecule has 3 aromatic rings. The van der Waals surface area contributed by atoms with Gasteiger partial charge in [-0.05, 0) is 60.3 Å². The summed E-state index contributed by atoms with van der Waals surface area (Å²) in [5.74, 6) is -0.331. The molecule has 30 heavy (non-hydrogen) atoms. The number of rotatable bonds is 7. The average molecular weight is 465 g/mol. The molecule has 0 aliphatic carbocycles. The molecule has 158 valence electrons. The normalized spacial score (nSPS) is 12.9. The van der Waals surface area contributed by atoms with E-state index in [9.17, 15) is 21.6 Å². The van der Waals surface area contributed by atoms with Gasteiger partial charge in [-0.3, -0.25) is 9.52 Å². The number of sulfone groups is 1. The Hall–Kier alpha value is -2.69. The molecule has 0 unspecified atom stereocenters. The summed E-state index contributed by atoms with van der Waals surface area (Å²) in [5, 5.41) is 4.51. The van der Waals surface area contributed by atoms with Crippen molar-refractivity contribution in [2.24, 2.45) is 0 Å². The van der Waals surface area contributed by atoms with Gasteiger partial charge in [-0.15, -0.1) is 11.3 Å². The number of hydrogen-bond donors (Lipinski definition) is 2. The summed E-state index contributed by atoms with van der Waals surface area (Å²) in [4.78, 5) is 12.7. The maximum Gasteiger partial charge on any atom is 0.271 e. The molecule has 1 atom stereocenters. The lowest BCUT2D eigenvalue weighted by Crippen LogP contribution is -2.26. The molecule has 2 aromatic carbocycles. The fourth-order valence-corrected chi connectivity index (χ4v) is 5.36. The van der Waals surface area contributed by atoms with Crippen LogP contribution in [0.2, 0.25) is 0 Å². The molecule has 0 aliphatic heterocycles. The average Bonchev–Trinajstić information content (AvgIpc) is 3.23. The molecule has 0 radical (unpaired) electrons. The van der Waals surface area contributed by atoms with Crippen LogP contribution in [0.1, 0.15) is 28.9 Å². The third-order valence-electron chi connectivity index (χ3n) is 4.32. The highest BCUT2D eigenvalue weighted by atomic mass is 32.2. The fraction of sp³-hybridized carbons (Fsp3) is 0.150. The molecule has 7 nitrogen and oxygen atoms in total. The van der Waals surface area contributed by atoms with Crippen LogP contribution in [-0.2, 0) is 19.9 Å². The largest absolute Gasteiger partial charge is 0.346 e. The van der Waals surface area contributed by atoms with E-state index >= 15 is 0 Å². The van der Waals surface area contributed by atoms with Crippen molar-refractivity contribution in [3.8, 4) is 0 Å². The summed E-state index contributed by atoms with van der Waals surface area (Å²) in [7, 11) is -6.93. The highest BCUT2D eigenvalue weighted by Gasteiger charge is 2.16. The van der Waals surface area contributed by atoms with Crippen molar-refractivity contribution in [3.05, 3.63) is 77.2 Å². The van der Waals surface area contributed by atoms with Crippen LogP contribution in [0.25, 0.3) is 0 Å². The van der Waals surface area contributed by atoms with Gasteiger partial charge in [-0.1, -0.05) is 18.2 Å². The number of hydrogen-bond acceptors (Lipinski definition) is 6. The predicted molar refractivity (Wildman–Crippen MR) is 117 cm³/mol. The van der Waals surface area contributed by atoms with E-state index in [4.69, 9.17) is 0 Å². The third-order valence-corrected chi connectivity index (χ3v) is 8.22. The van der Waals surface area contributed by atoms with Gasteiger partial charge in [0.15, 0.2) is 9.84 Å². The Balaban J connectivity index is 1.66. The summed E-state index contributed by atoms with van der Waals surface area (Å²) in [6.45, 7) is 1.79. The second kappa shape index (κ2) is 8.58. The summed E-state index contributed by atoms with van der Waals surface area (Å²) >= 11 is 1.12. The molecule has 1 aromatic heterocycles. The van der Waals surface area contributed by atoms with Crippen LogP contribution in [0, 0.1) is 0 Å². The van der Waals surface area contributed by atoms with Crippen LogP contribution in [0.15, 0.2) is 75.1 Å². The smallest absolute Gasteiger partial charge is 0.271 e. The SMILES string of the molecule is C[C@H](NC(=O)c1ccc(NS(=O)(=O)c2cccs2)cc1)c1ccc(S(C)(=O)=O)cc1. The van der Waals surface area contributed by atoms with Crippen molar-refractivity contribution in [2.45, 2.75) is 22.1 Å². The minimum Gasteiger partial charge on any atom is -0.346 e. The molecule has 0 fully saturated rings. The molecule has 2 N–H and O–H groups in total. The number of benzene rings is 2. The third kappa shape index (κ3) is 5.26. The van der Waals surface area contributed by atoms with Crippen molar-refractivity contribution >= 4 is 42.8 Å². The van der Waals surface area contributed by atoms with Crippen LogP contribution < -0.4 is 10.0 Å². The van der Waals surface area contributed by atoms with Crippen molar-refractivity contribution in [1.29, 1.82) is 0 Å². The van der Waals surface area contributed by atoms with Gasteiger partial charge in [0, 0.05) is 17.5 Å². The molecule has 1 heterocycles. The van der Waals surface area contributed by atoms with E-state index in [1.807, 2.05) is 0 Å². The topological polar surface area (TPSA) is 109 Å². The van der Waals surface area contributed by atoms with Gasteiger partial charge in [0.25, 0.3) is 15.9 Å². The van der Waals surface area contributed by atoms with Crippen molar-refractivity contribution in [3.63, 3.8) is 0 Å². The Morgan fingerprint density at radius 3 is 2.10 bits per heavy atom. The summed E-state index contributed by atoms with van der Waals surface area (Å²) in [6, 6.07) is 15.2. The first kappa shape index (κ1) is 22.0. The molecule has 0 spiro atoms. The van der Waals surface area contributed by atoms with Crippen LogP contribution in [0.5, 0.6) is 0 Å². The highest BCUT2D eigenvalue weighted by Crippen LogP contribution is 2.21. The first-order valence-electron chi connectivity index (χ1n) is 8.83. The fourth-order valence-electron chi connectivity index (χ4n) is 2.68. The molecule has 0 bridgehead atoms. The van der Waals surface area contributed by atoms with Crippen LogP contribution >= 0.6 is 11.3 Å². The maximum absolute atomic E-state index is 12.5. The minimum absolute atomic E-state index is 0.208. The van der Waals surface area contributed by atoms with E-state index in [-0.39, 0.29) is 21.1 Å². The molecule has 0 saturated heterocycles. The molecule has 0 aliphatic rings. The van der Waals surface area contributed by atoms with E-state index in [1.165, 1.54) is 42.5 Å². The Morgan fingerprint density at radius 1 is 0.933 bits per heavy atom. The van der Waals surface area contributed by atoms with E-state index < -0.39 is 19.9 Å². The molecule has 10 heteroatoms. The number of anilines is 1. The van der Waals surface area contributed by atoms with Crippen molar-refractivity contribution in [2.75, 3.05) is 11.0 Å². The zero-order valence-corrected chi connectivity index (χ0v) is 18.6. The van der Waals surface area contributed by atoms with E-state index in [2.05, 4.69) is 10.0 Å². The Morgan fingerprint density at radius 2 is 1.57 bits per heavy atom. The van der Waals surface area contributed by atoms with Gasteiger partial charge >= 0.3 is 0 Å². The summed E-state index contributed by atoms with van der Waals surface area (Å²) in [6.07, 6.45) is 1.14. The molecule has 0 saturated carbocycles. The Kier molecular flexibility index (Phi) is 6.30. The Labute approximate surface area is 179 Å². The Bertz CT molecular complexity index is 1230. The van der Waals surface area contributed by atoms with E-state index in [1.54, 1.807) is 30.5 Å². The van der Waals surface area contributed by atoms with Crippen LogP contribution in [0.4, 0.5) is 5.69 Å². The molecule has 3 rings (SSSR count). The summed E-state index contributed by atoms with van der Waals surface area (Å²) in [5.41, 5.74) is 1.48. The van der Waals surface area contributed by atoms with Gasteiger partial charge < -0.3 is 5.32 Å². The summed E-state index contributed by atoms with van der Waals surface area (Å²) < 4.78 is 50.3. The predicted octanol–water partition coefficient (Wildman–Crippen LogP) is 3.44. The van der Waals surface area contributed by atoms with Gasteiger partial charge in [0.05, 0.1) is 10.9 Å². The first-order chi connectivity index (χ1) is 14.1. The monoisotopic (exact) mass is 464 g/mol. The van der Waals surface area contributed by atoms with Crippen molar-refractivity contribution in [1.82, 2.24) is 5.32 Å². The van der Waals surface area contributed by atoms with E-state index in [0.29, 0.717) is 11.3 Å². The van der Waals surface area contributed by atoms with Gasteiger partial charge in [-0.25, -0.2) is 16.8 Å². The second-order valence-corrected chi connectivity index (χ2v) is 11.5. The first-order valence-corrected chi connectivity index (χ1v) is 13.1. The van der Waals surface area contributed by atoms with Gasteiger partial charge in [0.2, 0.25) is 0 Å². The quantitative estimate of drug-likeness (QED) is 0.557. The lowest BCUT2D eigenvalue weighted by atomic mass is 10.1. The zero-order chi connectivity index (χ0) is 21.9. The number of sulfonamides is 1. The lowest BCUT2D eigenvalue weighted by Gasteiger charge is -2.15. The number of thiophene rings is 1. The standard InChI is InChI=1S/C20H20N2O5S3/c1-14(15-7-11-18(12-8-15)29(2,24)25)21-20(23)16-5-9-17(10-6-16)22-30(26,27)19-4-3-13-28-19/h3-14,22H,1-2H3,(H,21,23)/t14-/m0/s1. The van der Waals surface area contributed by atoms with Gasteiger partial charge in [0.1, 0.15) is 4.21 Å². The minimum atomic E-state index is -3.65. The maximum atomic E-state index is 12.5.